The fourth-order valence-electron chi connectivity index (χ4n) is 1.96. The van der Waals surface area contributed by atoms with E-state index in [4.69, 9.17) is 14.2 Å². The van der Waals surface area contributed by atoms with Crippen LogP contribution in [-0.2, 0) is 14.3 Å². The molecule has 144 valence electrons. The van der Waals surface area contributed by atoms with Crippen LogP contribution < -0.4 is 14.8 Å². The molecule has 0 aliphatic rings. The molecule has 0 heterocycles. The van der Waals surface area contributed by atoms with Crippen molar-refractivity contribution < 1.29 is 37.0 Å². The van der Waals surface area contributed by atoms with Crippen molar-refractivity contribution in [3.05, 3.63) is 53.8 Å². The molecule has 0 bridgehead atoms. The zero-order valence-electron chi connectivity index (χ0n) is 14.4. The van der Waals surface area contributed by atoms with Gasteiger partial charge in [-0.05, 0) is 43.3 Å². The Morgan fingerprint density at radius 1 is 1.00 bits per heavy atom. The molecular weight excluding hydrogens is 367 g/mol. The van der Waals surface area contributed by atoms with Gasteiger partial charge in [-0.3, -0.25) is 4.79 Å². The molecule has 6 nitrogen and oxygen atoms in total. The van der Waals surface area contributed by atoms with Gasteiger partial charge in [0.15, 0.2) is 30.2 Å². The van der Waals surface area contributed by atoms with Crippen LogP contribution in [0.4, 0.5) is 18.9 Å². The molecule has 0 aromatic heterocycles. The van der Waals surface area contributed by atoms with E-state index in [9.17, 15) is 22.8 Å². The van der Waals surface area contributed by atoms with Crippen molar-refractivity contribution >= 4 is 17.6 Å². The lowest BCUT2D eigenvalue weighted by molar-refractivity contribution is -0.155. The third-order valence-corrected chi connectivity index (χ3v) is 3.39. The van der Waals surface area contributed by atoms with Gasteiger partial charge in [0.05, 0.1) is 12.8 Å². The first-order chi connectivity index (χ1) is 12.8. The van der Waals surface area contributed by atoms with E-state index < -0.39 is 47.7 Å². The van der Waals surface area contributed by atoms with Crippen LogP contribution in [0.25, 0.3) is 0 Å². The largest absolute Gasteiger partial charge is 0.497 e. The number of anilines is 1. The Morgan fingerprint density at radius 2 is 1.63 bits per heavy atom. The van der Waals surface area contributed by atoms with Crippen LogP contribution >= 0.6 is 0 Å². The smallest absolute Gasteiger partial charge is 0.344 e. The molecule has 1 N–H and O–H groups in total. The van der Waals surface area contributed by atoms with Crippen molar-refractivity contribution in [3.8, 4) is 11.5 Å². The number of methoxy groups -OCH3 is 1. The zero-order chi connectivity index (χ0) is 20.0. The van der Waals surface area contributed by atoms with Gasteiger partial charge in [-0.15, -0.1) is 0 Å². The van der Waals surface area contributed by atoms with Crippen molar-refractivity contribution in [2.75, 3.05) is 19.0 Å². The van der Waals surface area contributed by atoms with Crippen molar-refractivity contribution in [1.29, 1.82) is 0 Å². The third-order valence-electron chi connectivity index (χ3n) is 3.39. The lowest BCUT2D eigenvalue weighted by Crippen LogP contribution is -2.32. The molecular formula is C18H16F3NO5. The second-order valence-corrected chi connectivity index (χ2v) is 5.31. The topological polar surface area (TPSA) is 73.9 Å². The average molecular weight is 383 g/mol. The summed E-state index contributed by atoms with van der Waals surface area (Å²) in [5.74, 6) is -5.43. The number of carbonyl (C=O) groups excluding carboxylic acids is 2. The van der Waals surface area contributed by atoms with Crippen molar-refractivity contribution in [3.63, 3.8) is 0 Å². The number of carbonyl (C=O) groups is 2. The Hall–Kier alpha value is -3.23. The van der Waals surface area contributed by atoms with E-state index in [-0.39, 0.29) is 0 Å². The first-order valence-electron chi connectivity index (χ1n) is 7.72. The van der Waals surface area contributed by atoms with Crippen LogP contribution in [0.1, 0.15) is 6.92 Å². The summed E-state index contributed by atoms with van der Waals surface area (Å²) >= 11 is 0. The average Bonchev–Trinajstić information content (AvgIpc) is 2.67. The van der Waals surface area contributed by atoms with Crippen LogP contribution in [0.15, 0.2) is 36.4 Å². The number of amides is 1. The standard InChI is InChI=1S/C18H16F3NO5/c1-10(18(24)22-14-8-7-13(19)16(20)17(14)21)27-15(23)9-26-12-5-3-11(25-2)4-6-12/h3-8,10H,9H2,1-2H3,(H,22,24)/t10-/m1/s1. The summed E-state index contributed by atoms with van der Waals surface area (Å²) in [7, 11) is 1.51. The van der Waals surface area contributed by atoms with E-state index in [0.29, 0.717) is 17.6 Å². The van der Waals surface area contributed by atoms with Crippen molar-refractivity contribution in [2.45, 2.75) is 13.0 Å². The predicted octanol–water partition coefficient (Wildman–Crippen LogP) is 3.06. The monoisotopic (exact) mass is 383 g/mol. The van der Waals surface area contributed by atoms with E-state index in [2.05, 4.69) is 0 Å². The summed E-state index contributed by atoms with van der Waals surface area (Å²) in [6.07, 6.45) is -1.32. The summed E-state index contributed by atoms with van der Waals surface area (Å²) < 4.78 is 54.6. The maximum Gasteiger partial charge on any atom is 0.344 e. The van der Waals surface area contributed by atoms with Crippen LogP contribution in [0.3, 0.4) is 0 Å². The molecule has 0 aliphatic heterocycles. The van der Waals surface area contributed by atoms with Crippen molar-refractivity contribution in [1.82, 2.24) is 0 Å². The summed E-state index contributed by atoms with van der Waals surface area (Å²) in [6, 6.07) is 7.93. The second-order valence-electron chi connectivity index (χ2n) is 5.31. The number of rotatable bonds is 7. The van der Waals surface area contributed by atoms with E-state index in [1.54, 1.807) is 24.3 Å². The van der Waals surface area contributed by atoms with Crippen LogP contribution in [0.2, 0.25) is 0 Å². The molecule has 2 aromatic carbocycles. The lowest BCUT2D eigenvalue weighted by atomic mass is 10.2. The maximum atomic E-state index is 13.5. The highest BCUT2D eigenvalue weighted by Crippen LogP contribution is 2.20. The Labute approximate surface area is 152 Å². The third kappa shape index (κ3) is 5.37. The number of nitrogens with one attached hydrogen (secondary N) is 1. The number of ether oxygens (including phenoxy) is 3. The van der Waals surface area contributed by atoms with Gasteiger partial charge in [0.2, 0.25) is 0 Å². The minimum atomic E-state index is -1.72. The lowest BCUT2D eigenvalue weighted by Gasteiger charge is -2.14. The van der Waals surface area contributed by atoms with E-state index >= 15 is 0 Å². The Morgan fingerprint density at radius 3 is 2.26 bits per heavy atom. The number of hydrogen-bond donors (Lipinski definition) is 1. The van der Waals surface area contributed by atoms with Crippen LogP contribution in [0, 0.1) is 17.5 Å². The fraction of sp³-hybridized carbons (Fsp3) is 0.222. The minimum Gasteiger partial charge on any atom is -0.497 e. The molecule has 0 fully saturated rings. The number of benzene rings is 2. The molecule has 9 heteroatoms. The molecule has 0 radical (unpaired) electrons. The van der Waals surface area contributed by atoms with Gasteiger partial charge in [-0.1, -0.05) is 0 Å². The number of esters is 1. The van der Waals surface area contributed by atoms with Gasteiger partial charge in [-0.2, -0.15) is 0 Å². The molecule has 27 heavy (non-hydrogen) atoms. The van der Waals surface area contributed by atoms with Gasteiger partial charge in [0.1, 0.15) is 11.5 Å². The zero-order valence-corrected chi connectivity index (χ0v) is 14.4. The van der Waals surface area contributed by atoms with Gasteiger partial charge >= 0.3 is 5.97 Å². The minimum absolute atomic E-state index is 0.383. The quantitative estimate of drug-likeness (QED) is 0.588. The molecule has 0 saturated heterocycles. The first-order valence-corrected chi connectivity index (χ1v) is 7.72. The molecule has 2 aromatic rings. The fourth-order valence-corrected chi connectivity index (χ4v) is 1.96. The molecule has 1 amide bonds. The normalized spacial score (nSPS) is 11.4. The Kier molecular flexibility index (Phi) is 6.64. The number of halogens is 3. The van der Waals surface area contributed by atoms with Gasteiger partial charge < -0.3 is 19.5 Å². The summed E-state index contributed by atoms with van der Waals surface area (Å²) in [4.78, 5) is 23.7. The predicted molar refractivity (Wildman–Crippen MR) is 89.0 cm³/mol. The summed E-state index contributed by atoms with van der Waals surface area (Å²) in [6.45, 7) is 0.766. The molecule has 0 aliphatic carbocycles. The van der Waals surface area contributed by atoms with Crippen LogP contribution in [-0.4, -0.2) is 31.7 Å². The van der Waals surface area contributed by atoms with Crippen molar-refractivity contribution in [2.24, 2.45) is 0 Å². The highest BCUT2D eigenvalue weighted by molar-refractivity contribution is 5.95. The van der Waals surface area contributed by atoms with Gasteiger partial charge in [-0.25, -0.2) is 18.0 Å². The van der Waals surface area contributed by atoms with Crippen LogP contribution in [0.5, 0.6) is 11.5 Å². The summed E-state index contributed by atoms with van der Waals surface area (Å²) in [5, 5.41) is 2.02. The molecule has 0 unspecified atom stereocenters. The van der Waals surface area contributed by atoms with E-state index in [0.717, 1.165) is 6.07 Å². The van der Waals surface area contributed by atoms with Gasteiger partial charge in [0, 0.05) is 0 Å². The highest BCUT2D eigenvalue weighted by atomic mass is 19.2. The van der Waals surface area contributed by atoms with Gasteiger partial charge in [0.25, 0.3) is 5.91 Å². The second kappa shape index (κ2) is 8.93. The molecule has 0 saturated carbocycles. The Balaban J connectivity index is 1.86. The molecule has 0 spiro atoms. The SMILES string of the molecule is COc1ccc(OCC(=O)O[C@H](C)C(=O)Nc2ccc(F)c(F)c2F)cc1. The molecule has 2 rings (SSSR count). The van der Waals surface area contributed by atoms with E-state index in [1.165, 1.54) is 14.0 Å². The maximum absolute atomic E-state index is 13.5. The molecule has 1 atom stereocenters. The van der Waals surface area contributed by atoms with E-state index in [1.807, 2.05) is 5.32 Å². The number of hydrogen-bond acceptors (Lipinski definition) is 5. The first kappa shape index (κ1) is 20.1. The Bertz CT molecular complexity index is 826. The summed E-state index contributed by atoms with van der Waals surface area (Å²) in [5.41, 5.74) is -0.573. The highest BCUT2D eigenvalue weighted by Gasteiger charge is 2.21.